The Labute approximate surface area is 221 Å². The van der Waals surface area contributed by atoms with Gasteiger partial charge in [0.25, 0.3) is 11.7 Å². The average Bonchev–Trinajstić information content (AvgIpc) is 3.67. The minimum Gasteiger partial charge on any atom is -0.497 e. The lowest BCUT2D eigenvalue weighted by molar-refractivity contribution is -0.127. The number of piperazine rings is 1. The molecule has 1 aliphatic rings. The first kappa shape index (κ1) is 25.4. The van der Waals surface area contributed by atoms with E-state index in [2.05, 4.69) is 30.5 Å². The Bertz CT molecular complexity index is 1540. The molecular formula is C24H24FN11O3. The van der Waals surface area contributed by atoms with Gasteiger partial charge in [-0.05, 0) is 24.3 Å². The molecule has 200 valence electrons. The number of pyridine rings is 1. The van der Waals surface area contributed by atoms with Gasteiger partial charge in [0.1, 0.15) is 5.75 Å². The minimum absolute atomic E-state index is 0.0416. The molecule has 5 rings (SSSR count). The van der Waals surface area contributed by atoms with Crippen LogP contribution in [-0.2, 0) is 4.79 Å². The summed E-state index contributed by atoms with van der Waals surface area (Å²) in [4.78, 5) is 40.9. The summed E-state index contributed by atoms with van der Waals surface area (Å²) in [5.74, 6) is -0.998. The summed E-state index contributed by atoms with van der Waals surface area (Å²) in [5, 5.41) is 12.5. The number of rotatable bonds is 6. The number of halogens is 1. The normalized spacial score (nSPS) is 14.0. The third kappa shape index (κ3) is 4.65. The van der Waals surface area contributed by atoms with Crippen LogP contribution in [0.4, 0.5) is 10.1 Å². The number of hydrogen-bond donors (Lipinski definition) is 2. The smallest absolute Gasteiger partial charge is 0.295 e. The fourth-order valence-electron chi connectivity index (χ4n) is 4.45. The quantitative estimate of drug-likeness (QED) is 0.0951. The first-order valence-corrected chi connectivity index (χ1v) is 11.9. The minimum atomic E-state index is -0.838. The number of amides is 1. The van der Waals surface area contributed by atoms with Crippen molar-refractivity contribution in [1.82, 2.24) is 34.8 Å². The molecule has 3 aromatic heterocycles. The van der Waals surface area contributed by atoms with E-state index >= 15 is 0 Å². The monoisotopic (exact) mass is 533 g/mol. The zero-order valence-corrected chi connectivity index (χ0v) is 21.1. The van der Waals surface area contributed by atoms with E-state index in [0.717, 1.165) is 6.20 Å². The number of fused-ring (bicyclic) bond motifs is 1. The molecule has 14 nitrogen and oxygen atoms in total. The first-order chi connectivity index (χ1) is 19.0. The van der Waals surface area contributed by atoms with Gasteiger partial charge in [-0.15, -0.1) is 5.10 Å². The number of anilines is 1. The van der Waals surface area contributed by atoms with Crippen LogP contribution in [0.1, 0.15) is 10.4 Å². The van der Waals surface area contributed by atoms with E-state index < -0.39 is 17.5 Å². The highest BCUT2D eigenvalue weighted by Gasteiger charge is 2.32. The van der Waals surface area contributed by atoms with E-state index in [1.54, 1.807) is 38.4 Å². The van der Waals surface area contributed by atoms with Crippen molar-refractivity contribution in [2.45, 2.75) is 0 Å². The Morgan fingerprint density at radius 3 is 2.49 bits per heavy atom. The van der Waals surface area contributed by atoms with E-state index in [0.29, 0.717) is 30.5 Å². The Kier molecular flexibility index (Phi) is 6.94. The molecule has 0 bridgehead atoms. The van der Waals surface area contributed by atoms with Crippen LogP contribution in [0, 0.1) is 11.3 Å². The molecule has 39 heavy (non-hydrogen) atoms. The van der Waals surface area contributed by atoms with Crippen molar-refractivity contribution < 1.29 is 18.7 Å². The number of Topliss-reactive ketones (excluding diaryl/α,β-unsaturated/α-hetero) is 1. The molecule has 1 aromatic carbocycles. The fourth-order valence-corrected chi connectivity index (χ4v) is 4.45. The van der Waals surface area contributed by atoms with E-state index in [1.807, 2.05) is 4.90 Å². The lowest BCUT2D eigenvalue weighted by Crippen LogP contribution is -2.55. The van der Waals surface area contributed by atoms with Crippen molar-refractivity contribution in [3.8, 4) is 11.6 Å². The van der Waals surface area contributed by atoms with Crippen molar-refractivity contribution in [1.29, 1.82) is 5.53 Å². The number of ketones is 1. The van der Waals surface area contributed by atoms with Crippen LogP contribution in [0.3, 0.4) is 0 Å². The maximum atomic E-state index is 14.8. The maximum Gasteiger partial charge on any atom is 0.295 e. The lowest BCUT2D eigenvalue weighted by Gasteiger charge is -2.37. The van der Waals surface area contributed by atoms with E-state index in [4.69, 9.17) is 10.3 Å². The molecule has 1 fully saturated rings. The molecular weight excluding hydrogens is 509 g/mol. The summed E-state index contributed by atoms with van der Waals surface area (Å²) >= 11 is 0. The number of hydrogen-bond acceptors (Lipinski definition) is 9. The second kappa shape index (κ2) is 10.6. The van der Waals surface area contributed by atoms with Gasteiger partial charge in [0.2, 0.25) is 5.96 Å². The summed E-state index contributed by atoms with van der Waals surface area (Å²) in [6.07, 6.45) is 5.25. The van der Waals surface area contributed by atoms with Crippen LogP contribution >= 0.6 is 0 Å². The van der Waals surface area contributed by atoms with Crippen molar-refractivity contribution in [3.63, 3.8) is 0 Å². The fraction of sp³-hybridized carbons (Fsp3) is 0.250. The van der Waals surface area contributed by atoms with Crippen LogP contribution in [0.2, 0.25) is 0 Å². The van der Waals surface area contributed by atoms with Gasteiger partial charge in [-0.25, -0.2) is 14.1 Å². The standard InChI is InChI=1S/C24H24FN11O3/c1-27-24(36(31-26)15-3-5-16(39-2)6-4-15)34-11-9-33(10-12-34)23(38)21(37)17-13-28-20-19(17)18(25)14-29-22(20)35-8-7-30-32-35/h3-8,13-14,26,28H,9-12H2,1-2H3/b27-24-,31-26?. The zero-order valence-electron chi connectivity index (χ0n) is 21.1. The van der Waals surface area contributed by atoms with Crippen molar-refractivity contribution in [2.75, 3.05) is 45.3 Å². The zero-order chi connectivity index (χ0) is 27.5. The molecule has 4 aromatic rings. The number of guanidine groups is 1. The molecule has 0 spiro atoms. The number of aromatic amines is 1. The number of nitrogens with one attached hydrogen (secondary N) is 2. The predicted molar refractivity (Wildman–Crippen MR) is 137 cm³/mol. The second-order valence-corrected chi connectivity index (χ2v) is 8.47. The van der Waals surface area contributed by atoms with Gasteiger partial charge in [-0.1, -0.05) is 10.4 Å². The highest BCUT2D eigenvalue weighted by Crippen LogP contribution is 2.26. The second-order valence-electron chi connectivity index (χ2n) is 8.47. The van der Waals surface area contributed by atoms with E-state index in [1.165, 1.54) is 33.2 Å². The molecule has 1 aliphatic heterocycles. The molecule has 15 heteroatoms. The van der Waals surface area contributed by atoms with Crippen LogP contribution in [0.25, 0.3) is 16.7 Å². The van der Waals surface area contributed by atoms with Gasteiger partial charge >= 0.3 is 0 Å². The van der Waals surface area contributed by atoms with Crippen molar-refractivity contribution in [2.24, 2.45) is 10.2 Å². The molecule has 0 aliphatic carbocycles. The summed E-state index contributed by atoms with van der Waals surface area (Å²) in [6, 6.07) is 7.01. The van der Waals surface area contributed by atoms with E-state index in [-0.39, 0.29) is 35.4 Å². The van der Waals surface area contributed by atoms with Crippen molar-refractivity contribution >= 4 is 34.2 Å². The number of methoxy groups -OCH3 is 1. The number of ether oxygens (including phenoxy) is 1. The van der Waals surface area contributed by atoms with Crippen LogP contribution in [0.5, 0.6) is 5.75 Å². The van der Waals surface area contributed by atoms with Crippen molar-refractivity contribution in [3.05, 3.63) is 60.4 Å². The highest BCUT2D eigenvalue weighted by atomic mass is 19.1. The van der Waals surface area contributed by atoms with Gasteiger partial charge in [0, 0.05) is 39.4 Å². The number of carbonyl (C=O) groups is 2. The first-order valence-electron chi connectivity index (χ1n) is 11.9. The topological polar surface area (TPSA) is 161 Å². The van der Waals surface area contributed by atoms with Gasteiger partial charge < -0.3 is 19.5 Å². The van der Waals surface area contributed by atoms with E-state index in [9.17, 15) is 14.0 Å². The molecule has 1 saturated heterocycles. The molecule has 0 saturated carbocycles. The maximum absolute atomic E-state index is 14.8. The van der Waals surface area contributed by atoms with Gasteiger partial charge in [-0.3, -0.25) is 14.6 Å². The molecule has 4 heterocycles. The Hall–Kier alpha value is -5.21. The number of aromatic nitrogens is 5. The summed E-state index contributed by atoms with van der Waals surface area (Å²) in [7, 11) is 3.15. The lowest BCUT2D eigenvalue weighted by atomic mass is 10.1. The average molecular weight is 534 g/mol. The van der Waals surface area contributed by atoms with Gasteiger partial charge in [0.05, 0.1) is 47.9 Å². The number of H-pyrrole nitrogens is 1. The van der Waals surface area contributed by atoms with Crippen LogP contribution in [0.15, 0.2) is 59.3 Å². The summed E-state index contributed by atoms with van der Waals surface area (Å²) in [5.41, 5.74) is 8.44. The molecule has 0 radical (unpaired) electrons. The third-order valence-corrected chi connectivity index (χ3v) is 6.38. The number of carbonyl (C=O) groups excluding carboxylic acids is 2. The molecule has 0 unspecified atom stereocenters. The Morgan fingerprint density at radius 2 is 1.87 bits per heavy atom. The Balaban J connectivity index is 1.31. The largest absolute Gasteiger partial charge is 0.497 e. The molecule has 2 N–H and O–H groups in total. The van der Waals surface area contributed by atoms with Crippen LogP contribution in [-0.4, -0.2) is 92.7 Å². The number of nitrogens with zero attached hydrogens (tertiary/aromatic N) is 9. The number of aliphatic imine (C=N–C) groups is 1. The van der Waals surface area contributed by atoms with Crippen LogP contribution < -0.4 is 9.75 Å². The molecule has 1 amide bonds. The highest BCUT2D eigenvalue weighted by molar-refractivity contribution is 6.45. The summed E-state index contributed by atoms with van der Waals surface area (Å²) in [6.45, 7) is 1.12. The van der Waals surface area contributed by atoms with Gasteiger partial charge in [0.15, 0.2) is 11.6 Å². The van der Waals surface area contributed by atoms with Gasteiger partial charge in [-0.2, -0.15) is 10.5 Å². The predicted octanol–water partition coefficient (Wildman–Crippen LogP) is 2.06. The summed E-state index contributed by atoms with van der Waals surface area (Å²) < 4.78 is 21.3. The SMILES string of the molecule is C/N=C(/N1CCN(C(=O)C(=O)c2c[nH]c3c(-n4ccnn4)ncc(F)c23)CC1)N(N=N)c1ccc(OC)cc1. The molecule has 0 atom stereocenters. The third-order valence-electron chi connectivity index (χ3n) is 6.38. The number of benzene rings is 1. The Morgan fingerprint density at radius 1 is 1.15 bits per heavy atom.